The Morgan fingerprint density at radius 2 is 1.82 bits per heavy atom. The third-order valence-electron chi connectivity index (χ3n) is 4.82. The van der Waals surface area contributed by atoms with Gasteiger partial charge in [-0.2, -0.15) is 10.6 Å². The van der Waals surface area contributed by atoms with Gasteiger partial charge >= 0.3 is 6.03 Å². The number of aromatic nitrogens is 2. The lowest BCUT2D eigenvalue weighted by Gasteiger charge is -2.30. The van der Waals surface area contributed by atoms with Gasteiger partial charge in [0.15, 0.2) is 5.82 Å². The van der Waals surface area contributed by atoms with Crippen LogP contribution in [0.4, 0.5) is 16.3 Å². The lowest BCUT2D eigenvalue weighted by atomic mass is 10.2. The lowest BCUT2D eigenvalue weighted by Crippen LogP contribution is -2.38. The largest absolute Gasteiger partial charge is 0.378 e. The van der Waals surface area contributed by atoms with E-state index in [4.69, 9.17) is 4.74 Å². The number of morpholine rings is 1. The summed E-state index contributed by atoms with van der Waals surface area (Å²) in [6.07, 6.45) is 1.39. The van der Waals surface area contributed by atoms with E-state index in [-0.39, 0.29) is 18.2 Å². The summed E-state index contributed by atoms with van der Waals surface area (Å²) >= 11 is 0. The van der Waals surface area contributed by atoms with Gasteiger partial charge in [0.2, 0.25) is 5.91 Å². The van der Waals surface area contributed by atoms with Gasteiger partial charge in [0.1, 0.15) is 5.82 Å². The number of amides is 3. The summed E-state index contributed by atoms with van der Waals surface area (Å²) in [4.78, 5) is 36.3. The number of anilines is 2. The van der Waals surface area contributed by atoms with Crippen molar-refractivity contribution in [2.24, 2.45) is 0 Å². The predicted molar refractivity (Wildman–Crippen MR) is 129 cm³/mol. The lowest BCUT2D eigenvalue weighted by molar-refractivity contribution is -0.127. The Bertz CT molecular complexity index is 974. The predicted octanol–water partition coefficient (Wildman–Crippen LogP) is 2.07. The molecule has 0 spiro atoms. The summed E-state index contributed by atoms with van der Waals surface area (Å²) in [5.41, 5.74) is 1.80. The molecule has 1 aromatic carbocycles. The highest BCUT2D eigenvalue weighted by molar-refractivity contribution is 8.23. The fourth-order valence-corrected chi connectivity index (χ4v) is 3.82. The molecule has 0 atom stereocenters. The summed E-state index contributed by atoms with van der Waals surface area (Å²) in [5.74, 6) is 0.974. The molecule has 0 aliphatic carbocycles. The topological polar surface area (TPSA) is 140 Å². The Morgan fingerprint density at radius 3 is 2.42 bits per heavy atom. The molecule has 2 aromatic rings. The van der Waals surface area contributed by atoms with Gasteiger partial charge in [-0.15, -0.1) is 0 Å². The number of carbonyl (C=O) groups is 2. The number of carbonyl (C=O) groups excluding carboxylic acids is 2. The van der Waals surface area contributed by atoms with Gasteiger partial charge in [-0.25, -0.2) is 14.8 Å². The van der Waals surface area contributed by atoms with Crippen LogP contribution in [-0.2, 0) is 15.3 Å². The molecule has 11 nitrogen and oxygen atoms in total. The van der Waals surface area contributed by atoms with Crippen LogP contribution in [-0.4, -0.2) is 89.1 Å². The van der Waals surface area contributed by atoms with Gasteiger partial charge in [-0.1, -0.05) is 0 Å². The second-order valence-corrected chi connectivity index (χ2v) is 10.2. The summed E-state index contributed by atoms with van der Waals surface area (Å²) in [7, 11) is 0.456. The molecule has 2 heterocycles. The molecule has 0 bridgehead atoms. The number of hydrogen-bond acceptors (Lipinski definition) is 8. The third kappa shape index (κ3) is 7.56. The first-order chi connectivity index (χ1) is 15.6. The van der Waals surface area contributed by atoms with Crippen LogP contribution in [0.3, 0.4) is 0 Å². The monoisotopic (exact) mass is 478 g/mol. The van der Waals surface area contributed by atoms with Crippen molar-refractivity contribution in [2.45, 2.75) is 5.75 Å². The molecule has 1 aliphatic heterocycles. The average Bonchev–Trinajstić information content (AvgIpc) is 2.77. The van der Waals surface area contributed by atoms with E-state index in [2.05, 4.69) is 25.5 Å². The smallest absolute Gasteiger partial charge is 0.319 e. The molecule has 1 aliphatic rings. The normalized spacial score (nSPS) is 14.5. The molecule has 0 saturated carbocycles. The quantitative estimate of drug-likeness (QED) is 0.474. The maximum absolute atomic E-state index is 12.0. The fourth-order valence-electron chi connectivity index (χ4n) is 3.11. The second kappa shape index (κ2) is 10.8. The van der Waals surface area contributed by atoms with Crippen LogP contribution in [0.5, 0.6) is 0 Å². The summed E-state index contributed by atoms with van der Waals surface area (Å²) in [6, 6.07) is 8.25. The minimum atomic E-state index is -2.78. The Kier molecular flexibility index (Phi) is 8.08. The zero-order valence-electron chi connectivity index (χ0n) is 18.9. The highest BCUT2D eigenvalue weighted by Crippen LogP contribution is 2.38. The van der Waals surface area contributed by atoms with Crippen LogP contribution in [0.15, 0.2) is 30.3 Å². The molecular weight excluding hydrogens is 448 g/mol. The molecule has 180 valence electrons. The van der Waals surface area contributed by atoms with E-state index in [9.17, 15) is 18.7 Å². The maximum atomic E-state index is 12.0. The number of ether oxygens (including phenoxy) is 1. The fraction of sp³-hybridized carbons (Fsp3) is 0.429. The maximum Gasteiger partial charge on any atom is 0.319 e. The molecule has 0 radical (unpaired) electrons. The van der Waals surface area contributed by atoms with Crippen LogP contribution >= 0.6 is 10.6 Å². The van der Waals surface area contributed by atoms with Crippen molar-refractivity contribution >= 4 is 34.0 Å². The standard InChI is InChI=1S/C21H30N6O5S/c1-26(2)19(28)13-22-21(29)24-16-6-4-15(5-7-16)20-23-17(14-33(3,30)31)12-18(25-20)27-8-10-32-11-9-27/h4-7,12,30-31H,8-11,13-14H2,1-3H3,(H2,22,24,29). The number of nitrogens with one attached hydrogen (secondary N) is 2. The first-order valence-corrected chi connectivity index (χ1v) is 12.5. The molecule has 3 rings (SSSR count). The summed E-state index contributed by atoms with van der Waals surface area (Å²) in [6.45, 7) is 2.47. The van der Waals surface area contributed by atoms with Crippen molar-refractivity contribution in [3.63, 3.8) is 0 Å². The van der Waals surface area contributed by atoms with Gasteiger partial charge in [-0.05, 0) is 24.3 Å². The Hall–Kier alpha value is -2.93. The Morgan fingerprint density at radius 1 is 1.15 bits per heavy atom. The van der Waals surface area contributed by atoms with Crippen molar-refractivity contribution in [2.75, 3.05) is 63.4 Å². The van der Waals surface area contributed by atoms with Crippen molar-refractivity contribution in [1.82, 2.24) is 20.2 Å². The molecule has 1 aromatic heterocycles. The first-order valence-electron chi connectivity index (χ1n) is 10.4. The SMILES string of the molecule is CN(C)C(=O)CNC(=O)Nc1ccc(-c2nc(CS(C)(O)O)cc(N3CCOCC3)n2)cc1. The number of rotatable bonds is 7. The second-order valence-electron chi connectivity index (χ2n) is 7.95. The van der Waals surface area contributed by atoms with Gasteiger partial charge in [0, 0.05) is 50.8 Å². The average molecular weight is 479 g/mol. The number of benzene rings is 1. The molecule has 1 fully saturated rings. The van der Waals surface area contributed by atoms with E-state index >= 15 is 0 Å². The van der Waals surface area contributed by atoms with Crippen LogP contribution in [0.25, 0.3) is 11.4 Å². The molecular formula is C21H30N6O5S. The highest BCUT2D eigenvalue weighted by atomic mass is 32.3. The first kappa shape index (κ1) is 24.7. The van der Waals surface area contributed by atoms with E-state index in [0.717, 1.165) is 0 Å². The Balaban J connectivity index is 1.76. The molecule has 0 unspecified atom stereocenters. The van der Waals surface area contributed by atoms with Crippen LogP contribution in [0.2, 0.25) is 0 Å². The molecule has 33 heavy (non-hydrogen) atoms. The van der Waals surface area contributed by atoms with E-state index in [1.54, 1.807) is 44.4 Å². The Labute approximate surface area is 194 Å². The van der Waals surface area contributed by atoms with Crippen molar-refractivity contribution in [3.05, 3.63) is 36.0 Å². The van der Waals surface area contributed by atoms with Crippen LogP contribution in [0.1, 0.15) is 5.69 Å². The minimum Gasteiger partial charge on any atom is -0.378 e. The number of likely N-dealkylation sites (N-methyl/N-ethyl adjacent to an activating group) is 1. The van der Waals surface area contributed by atoms with Gasteiger partial charge < -0.3 is 25.2 Å². The zero-order chi connectivity index (χ0) is 24.0. The van der Waals surface area contributed by atoms with E-state index in [1.165, 1.54) is 11.2 Å². The van der Waals surface area contributed by atoms with Gasteiger partial charge in [0.05, 0.1) is 31.2 Å². The van der Waals surface area contributed by atoms with E-state index in [1.807, 2.05) is 0 Å². The molecule has 12 heteroatoms. The van der Waals surface area contributed by atoms with Crippen molar-refractivity contribution in [1.29, 1.82) is 0 Å². The molecule has 1 saturated heterocycles. The van der Waals surface area contributed by atoms with Crippen LogP contribution in [0, 0.1) is 0 Å². The number of nitrogens with zero attached hydrogens (tertiary/aromatic N) is 4. The summed E-state index contributed by atoms with van der Waals surface area (Å²) in [5, 5.41) is 5.18. The molecule has 4 N–H and O–H groups in total. The van der Waals surface area contributed by atoms with Crippen LogP contribution < -0.4 is 15.5 Å². The van der Waals surface area contributed by atoms with Crippen molar-refractivity contribution < 1.29 is 23.4 Å². The van der Waals surface area contributed by atoms with Crippen molar-refractivity contribution in [3.8, 4) is 11.4 Å². The minimum absolute atomic E-state index is 0.0331. The van der Waals surface area contributed by atoms with E-state index in [0.29, 0.717) is 54.9 Å². The van der Waals surface area contributed by atoms with Gasteiger partial charge in [0.25, 0.3) is 0 Å². The van der Waals surface area contributed by atoms with E-state index < -0.39 is 16.6 Å². The third-order valence-corrected chi connectivity index (χ3v) is 5.66. The van der Waals surface area contributed by atoms with Gasteiger partial charge in [-0.3, -0.25) is 13.9 Å². The molecule has 3 amide bonds. The highest BCUT2D eigenvalue weighted by Gasteiger charge is 2.18. The summed E-state index contributed by atoms with van der Waals surface area (Å²) < 4.78 is 25.3. The zero-order valence-corrected chi connectivity index (χ0v) is 19.8. The number of urea groups is 1. The number of hydrogen-bond donors (Lipinski definition) is 4.